The van der Waals surface area contributed by atoms with Crippen LogP contribution in [0.1, 0.15) is 64.5 Å². The second-order valence-corrected chi connectivity index (χ2v) is 6.82. The minimum Gasteiger partial charge on any atom is -0.310 e. The van der Waals surface area contributed by atoms with Crippen LogP contribution in [0.15, 0.2) is 22.7 Å². The van der Waals surface area contributed by atoms with Gasteiger partial charge in [-0.15, -0.1) is 0 Å². The molecule has 0 amide bonds. The third-order valence-electron chi connectivity index (χ3n) is 3.85. The molecule has 0 aliphatic rings. The molecule has 20 heavy (non-hydrogen) atoms. The maximum Gasteiger partial charge on any atom is 0.0420 e. The van der Waals surface area contributed by atoms with E-state index in [1.807, 2.05) is 6.07 Å². The highest BCUT2D eigenvalue weighted by molar-refractivity contribution is 9.10. The molecular formula is C17H27BrClN. The zero-order chi connectivity index (χ0) is 15.0. The van der Waals surface area contributed by atoms with Gasteiger partial charge < -0.3 is 5.32 Å². The Morgan fingerprint density at radius 1 is 1.20 bits per heavy atom. The van der Waals surface area contributed by atoms with Gasteiger partial charge in [0.1, 0.15) is 0 Å². The minimum atomic E-state index is 0.400. The lowest BCUT2D eigenvalue weighted by atomic mass is 9.89. The van der Waals surface area contributed by atoms with E-state index in [-0.39, 0.29) is 0 Å². The lowest BCUT2D eigenvalue weighted by Gasteiger charge is -2.24. The van der Waals surface area contributed by atoms with E-state index < -0.39 is 0 Å². The van der Waals surface area contributed by atoms with Gasteiger partial charge in [-0.25, -0.2) is 0 Å². The summed E-state index contributed by atoms with van der Waals surface area (Å²) < 4.78 is 1.06. The van der Waals surface area contributed by atoms with Crippen molar-refractivity contribution >= 4 is 27.5 Å². The number of hydrogen-bond donors (Lipinski definition) is 1. The second-order valence-electron chi connectivity index (χ2n) is 5.47. The normalized spacial score (nSPS) is 14.2. The number of halogens is 2. The standard InChI is InChI=1S/C17H27BrClN/c1-4-7-8-13(5-2)9-17(20-6-3)14-10-15(18)12-16(19)11-14/h10-13,17,20H,4-9H2,1-3H3. The van der Waals surface area contributed by atoms with Gasteiger partial charge in [0, 0.05) is 15.5 Å². The highest BCUT2D eigenvalue weighted by atomic mass is 79.9. The molecule has 0 aliphatic heterocycles. The first-order chi connectivity index (χ1) is 9.60. The van der Waals surface area contributed by atoms with Gasteiger partial charge in [0.2, 0.25) is 0 Å². The Hall–Kier alpha value is -0.0500. The van der Waals surface area contributed by atoms with Crippen LogP contribution >= 0.6 is 27.5 Å². The highest BCUT2D eigenvalue weighted by Crippen LogP contribution is 2.30. The summed E-state index contributed by atoms with van der Waals surface area (Å²) in [5, 5.41) is 4.42. The fraction of sp³-hybridized carbons (Fsp3) is 0.647. The highest BCUT2D eigenvalue weighted by Gasteiger charge is 2.17. The van der Waals surface area contributed by atoms with E-state index in [1.54, 1.807) is 0 Å². The Kier molecular flexibility index (Phi) is 8.83. The van der Waals surface area contributed by atoms with Crippen molar-refractivity contribution in [2.45, 2.75) is 58.9 Å². The molecule has 0 spiro atoms. The van der Waals surface area contributed by atoms with Gasteiger partial charge in [-0.05, 0) is 42.6 Å². The van der Waals surface area contributed by atoms with Crippen molar-refractivity contribution in [2.24, 2.45) is 5.92 Å². The summed E-state index contributed by atoms with van der Waals surface area (Å²) in [6.07, 6.45) is 6.39. The zero-order valence-corrected chi connectivity index (χ0v) is 15.2. The molecule has 1 aromatic rings. The molecule has 1 aromatic carbocycles. The van der Waals surface area contributed by atoms with Crippen LogP contribution in [0.4, 0.5) is 0 Å². The van der Waals surface area contributed by atoms with E-state index in [2.05, 4.69) is 54.2 Å². The lowest BCUT2D eigenvalue weighted by Crippen LogP contribution is -2.23. The first-order valence-corrected chi connectivity index (χ1v) is 8.97. The van der Waals surface area contributed by atoms with Gasteiger partial charge in [0.05, 0.1) is 0 Å². The van der Waals surface area contributed by atoms with E-state index >= 15 is 0 Å². The van der Waals surface area contributed by atoms with E-state index in [0.29, 0.717) is 6.04 Å². The molecule has 2 atom stereocenters. The molecule has 0 fully saturated rings. The summed E-state index contributed by atoms with van der Waals surface area (Å²) in [7, 11) is 0. The van der Waals surface area contributed by atoms with Crippen molar-refractivity contribution in [1.82, 2.24) is 5.32 Å². The maximum atomic E-state index is 6.19. The van der Waals surface area contributed by atoms with Crippen LogP contribution in [-0.4, -0.2) is 6.54 Å². The molecule has 114 valence electrons. The average molecular weight is 361 g/mol. The number of rotatable bonds is 9. The van der Waals surface area contributed by atoms with Crippen molar-refractivity contribution < 1.29 is 0 Å². The van der Waals surface area contributed by atoms with Crippen LogP contribution in [0.3, 0.4) is 0 Å². The summed E-state index contributed by atoms with van der Waals surface area (Å²) in [6.45, 7) is 7.72. The fourth-order valence-electron chi connectivity index (χ4n) is 2.67. The largest absolute Gasteiger partial charge is 0.310 e. The first-order valence-electron chi connectivity index (χ1n) is 7.80. The number of nitrogens with one attached hydrogen (secondary N) is 1. The number of benzene rings is 1. The van der Waals surface area contributed by atoms with Crippen LogP contribution in [0.2, 0.25) is 5.02 Å². The Morgan fingerprint density at radius 2 is 1.95 bits per heavy atom. The topological polar surface area (TPSA) is 12.0 Å². The molecular weight excluding hydrogens is 334 g/mol. The average Bonchev–Trinajstić information content (AvgIpc) is 2.41. The third kappa shape index (κ3) is 6.15. The van der Waals surface area contributed by atoms with Crippen molar-refractivity contribution in [2.75, 3.05) is 6.54 Å². The molecule has 0 saturated carbocycles. The van der Waals surface area contributed by atoms with Crippen LogP contribution in [-0.2, 0) is 0 Å². The van der Waals surface area contributed by atoms with Crippen molar-refractivity contribution in [1.29, 1.82) is 0 Å². The zero-order valence-electron chi connectivity index (χ0n) is 12.9. The summed E-state index contributed by atoms with van der Waals surface area (Å²) in [5.41, 5.74) is 1.29. The Bertz CT molecular complexity index is 374. The minimum absolute atomic E-state index is 0.400. The second kappa shape index (κ2) is 9.81. The van der Waals surface area contributed by atoms with Crippen LogP contribution in [0.5, 0.6) is 0 Å². The van der Waals surface area contributed by atoms with E-state index in [9.17, 15) is 0 Å². The summed E-state index contributed by atoms with van der Waals surface area (Å²) in [4.78, 5) is 0. The van der Waals surface area contributed by atoms with Gasteiger partial charge >= 0.3 is 0 Å². The molecule has 1 nitrogen and oxygen atoms in total. The van der Waals surface area contributed by atoms with Gasteiger partial charge in [0.15, 0.2) is 0 Å². The molecule has 0 aromatic heterocycles. The predicted octanol–water partition coefficient (Wildman–Crippen LogP) is 6.36. The molecule has 1 rings (SSSR count). The van der Waals surface area contributed by atoms with Crippen molar-refractivity contribution in [3.63, 3.8) is 0 Å². The Labute approximate surface area is 137 Å². The quantitative estimate of drug-likeness (QED) is 0.540. The van der Waals surface area contributed by atoms with Crippen LogP contribution in [0.25, 0.3) is 0 Å². The molecule has 0 aliphatic carbocycles. The molecule has 0 heterocycles. The molecule has 1 N–H and O–H groups in total. The Morgan fingerprint density at radius 3 is 2.50 bits per heavy atom. The van der Waals surface area contributed by atoms with Gasteiger partial charge in [-0.2, -0.15) is 0 Å². The molecule has 0 radical (unpaired) electrons. The van der Waals surface area contributed by atoms with Crippen molar-refractivity contribution in [3.05, 3.63) is 33.3 Å². The molecule has 3 heteroatoms. The van der Waals surface area contributed by atoms with E-state index in [1.165, 1.54) is 37.7 Å². The third-order valence-corrected chi connectivity index (χ3v) is 4.53. The Balaban J connectivity index is 2.81. The molecule has 2 unspecified atom stereocenters. The SMILES string of the molecule is CCCCC(CC)CC(NCC)c1cc(Cl)cc(Br)c1. The van der Waals surface area contributed by atoms with Gasteiger partial charge in [0.25, 0.3) is 0 Å². The molecule has 0 bridgehead atoms. The summed E-state index contributed by atoms with van der Waals surface area (Å²) >= 11 is 9.74. The predicted molar refractivity (Wildman–Crippen MR) is 93.5 cm³/mol. The lowest BCUT2D eigenvalue weighted by molar-refractivity contribution is 0.357. The molecule has 0 saturated heterocycles. The van der Waals surface area contributed by atoms with E-state index in [4.69, 9.17) is 11.6 Å². The fourth-order valence-corrected chi connectivity index (χ4v) is 3.56. The van der Waals surface area contributed by atoms with Gasteiger partial charge in [-0.1, -0.05) is 74.0 Å². The van der Waals surface area contributed by atoms with Crippen LogP contribution in [0, 0.1) is 5.92 Å². The summed E-state index contributed by atoms with van der Waals surface area (Å²) in [6, 6.07) is 6.62. The van der Waals surface area contributed by atoms with Gasteiger partial charge in [-0.3, -0.25) is 0 Å². The number of hydrogen-bond acceptors (Lipinski definition) is 1. The smallest absolute Gasteiger partial charge is 0.0420 e. The van der Waals surface area contributed by atoms with E-state index in [0.717, 1.165) is 22.0 Å². The summed E-state index contributed by atoms with van der Waals surface area (Å²) in [5.74, 6) is 0.789. The maximum absolute atomic E-state index is 6.19. The number of unbranched alkanes of at least 4 members (excludes halogenated alkanes) is 1. The first kappa shape index (κ1) is 18.0. The van der Waals surface area contributed by atoms with Crippen molar-refractivity contribution in [3.8, 4) is 0 Å². The van der Waals surface area contributed by atoms with Crippen LogP contribution < -0.4 is 5.32 Å². The monoisotopic (exact) mass is 359 g/mol.